The molecule has 0 radical (unpaired) electrons. The van der Waals surface area contributed by atoms with Crippen molar-refractivity contribution in [2.24, 2.45) is 0 Å². The van der Waals surface area contributed by atoms with E-state index < -0.39 is 35.5 Å². The first kappa shape index (κ1) is 14.8. The Balaban J connectivity index is 2.11. The Hall–Kier alpha value is -1.56. The maximum atomic E-state index is 13.1. The van der Waals surface area contributed by atoms with Gasteiger partial charge in [-0.2, -0.15) is 0 Å². The lowest BCUT2D eigenvalue weighted by atomic mass is 10.1. The van der Waals surface area contributed by atoms with E-state index in [1.807, 2.05) is 0 Å². The summed E-state index contributed by atoms with van der Waals surface area (Å²) in [7, 11) is 0. The van der Waals surface area contributed by atoms with Gasteiger partial charge in [0.25, 0.3) is 5.91 Å². The van der Waals surface area contributed by atoms with Crippen LogP contribution >= 0.6 is 0 Å². The zero-order valence-electron chi connectivity index (χ0n) is 10.8. The van der Waals surface area contributed by atoms with E-state index in [2.05, 4.69) is 5.32 Å². The summed E-state index contributed by atoms with van der Waals surface area (Å²) in [6.45, 7) is 0. The van der Waals surface area contributed by atoms with Crippen LogP contribution in [0, 0.1) is 17.5 Å². The van der Waals surface area contributed by atoms with E-state index in [0.717, 1.165) is 19.3 Å². The predicted octanol–water partition coefficient (Wildman–Crippen LogP) is 2.53. The molecule has 0 aromatic heterocycles. The molecule has 1 aliphatic rings. The van der Waals surface area contributed by atoms with Crippen molar-refractivity contribution in [2.45, 2.75) is 44.2 Å². The normalized spacial score (nSPS) is 23.2. The second-order valence-electron chi connectivity index (χ2n) is 5.04. The van der Waals surface area contributed by atoms with Crippen molar-refractivity contribution < 1.29 is 23.1 Å². The molecule has 3 nitrogen and oxygen atoms in total. The standard InChI is InChI=1S/C14H16F3NO2/c15-9-6-8(7-10(16)13(9)17)14(20)18-11-4-2-1-3-5-12(11)19/h6-7,11-12,19H,1-5H2,(H,18,20). The van der Waals surface area contributed by atoms with Gasteiger partial charge in [0.1, 0.15) is 0 Å². The first-order chi connectivity index (χ1) is 9.49. The van der Waals surface area contributed by atoms with Crippen molar-refractivity contribution in [1.29, 1.82) is 0 Å². The van der Waals surface area contributed by atoms with E-state index in [0.29, 0.717) is 25.0 Å². The minimum atomic E-state index is -1.60. The lowest BCUT2D eigenvalue weighted by molar-refractivity contribution is 0.0818. The van der Waals surface area contributed by atoms with Crippen LogP contribution in [0.4, 0.5) is 13.2 Å². The summed E-state index contributed by atoms with van der Waals surface area (Å²) >= 11 is 0. The van der Waals surface area contributed by atoms with E-state index >= 15 is 0 Å². The van der Waals surface area contributed by atoms with Gasteiger partial charge >= 0.3 is 0 Å². The van der Waals surface area contributed by atoms with Gasteiger partial charge in [-0.25, -0.2) is 13.2 Å². The molecule has 1 amide bonds. The molecule has 2 unspecified atom stereocenters. The molecule has 2 N–H and O–H groups in total. The van der Waals surface area contributed by atoms with Gasteiger partial charge in [0.15, 0.2) is 17.5 Å². The largest absolute Gasteiger partial charge is 0.391 e. The van der Waals surface area contributed by atoms with Gasteiger partial charge in [0, 0.05) is 5.56 Å². The fourth-order valence-electron chi connectivity index (χ4n) is 2.39. The Morgan fingerprint density at radius 1 is 1.10 bits per heavy atom. The first-order valence-electron chi connectivity index (χ1n) is 6.62. The number of carbonyl (C=O) groups is 1. The predicted molar refractivity (Wildman–Crippen MR) is 66.7 cm³/mol. The minimum Gasteiger partial charge on any atom is -0.391 e. The first-order valence-corrected chi connectivity index (χ1v) is 6.62. The van der Waals surface area contributed by atoms with E-state index in [1.165, 1.54) is 0 Å². The fraction of sp³-hybridized carbons (Fsp3) is 0.500. The molecule has 1 aliphatic carbocycles. The Kier molecular flexibility index (Phi) is 4.65. The molecule has 0 heterocycles. The van der Waals surface area contributed by atoms with Crippen molar-refractivity contribution in [2.75, 3.05) is 0 Å². The molecule has 2 atom stereocenters. The molecule has 1 aromatic rings. The highest BCUT2D eigenvalue weighted by Crippen LogP contribution is 2.19. The number of halogens is 3. The number of benzene rings is 1. The second-order valence-corrected chi connectivity index (χ2v) is 5.04. The van der Waals surface area contributed by atoms with E-state index in [-0.39, 0.29) is 5.56 Å². The Labute approximate surface area is 114 Å². The highest BCUT2D eigenvalue weighted by atomic mass is 19.2. The molecule has 6 heteroatoms. The monoisotopic (exact) mass is 287 g/mol. The van der Waals surface area contributed by atoms with Crippen molar-refractivity contribution in [1.82, 2.24) is 5.32 Å². The number of carbonyl (C=O) groups excluding carboxylic acids is 1. The van der Waals surface area contributed by atoms with Crippen LogP contribution in [0.25, 0.3) is 0 Å². The van der Waals surface area contributed by atoms with Crippen LogP contribution in [0.3, 0.4) is 0 Å². The van der Waals surface area contributed by atoms with Crippen LogP contribution in [0.5, 0.6) is 0 Å². The average Bonchev–Trinajstić information content (AvgIpc) is 2.61. The van der Waals surface area contributed by atoms with Gasteiger partial charge in [-0.05, 0) is 25.0 Å². The van der Waals surface area contributed by atoms with Gasteiger partial charge in [0.2, 0.25) is 0 Å². The van der Waals surface area contributed by atoms with Gasteiger partial charge in [0.05, 0.1) is 12.1 Å². The molecule has 2 rings (SSSR count). The third kappa shape index (κ3) is 3.30. The van der Waals surface area contributed by atoms with Crippen LogP contribution in [-0.4, -0.2) is 23.2 Å². The van der Waals surface area contributed by atoms with E-state index in [4.69, 9.17) is 0 Å². The lowest BCUT2D eigenvalue weighted by Gasteiger charge is -2.21. The van der Waals surface area contributed by atoms with Crippen molar-refractivity contribution in [3.8, 4) is 0 Å². The molecule has 1 fully saturated rings. The van der Waals surface area contributed by atoms with Crippen LogP contribution in [0.2, 0.25) is 0 Å². The molecule has 110 valence electrons. The van der Waals surface area contributed by atoms with Crippen LogP contribution in [0.1, 0.15) is 42.5 Å². The van der Waals surface area contributed by atoms with Crippen molar-refractivity contribution in [3.63, 3.8) is 0 Å². The summed E-state index contributed by atoms with van der Waals surface area (Å²) in [6.07, 6.45) is 3.25. The van der Waals surface area contributed by atoms with E-state index in [9.17, 15) is 23.1 Å². The molecule has 1 aromatic carbocycles. The second kappa shape index (κ2) is 6.26. The highest BCUT2D eigenvalue weighted by molar-refractivity contribution is 5.94. The molecule has 0 saturated heterocycles. The van der Waals surface area contributed by atoms with Crippen molar-refractivity contribution in [3.05, 3.63) is 35.1 Å². The Morgan fingerprint density at radius 3 is 2.35 bits per heavy atom. The summed E-state index contributed by atoms with van der Waals surface area (Å²) in [6, 6.07) is 0.856. The Bertz CT molecular complexity index is 484. The molecule has 20 heavy (non-hydrogen) atoms. The highest BCUT2D eigenvalue weighted by Gasteiger charge is 2.24. The van der Waals surface area contributed by atoms with Gasteiger partial charge in [-0.3, -0.25) is 4.79 Å². The third-order valence-electron chi connectivity index (χ3n) is 3.54. The quantitative estimate of drug-likeness (QED) is 0.648. The number of amides is 1. The fourth-order valence-corrected chi connectivity index (χ4v) is 2.39. The number of hydrogen-bond donors (Lipinski definition) is 2. The Morgan fingerprint density at radius 2 is 1.70 bits per heavy atom. The number of hydrogen-bond acceptors (Lipinski definition) is 2. The SMILES string of the molecule is O=C(NC1CCCCCC1O)c1cc(F)c(F)c(F)c1. The summed E-state index contributed by atoms with van der Waals surface area (Å²) < 4.78 is 39.0. The van der Waals surface area contributed by atoms with E-state index in [1.54, 1.807) is 0 Å². The number of aliphatic hydroxyl groups is 1. The number of nitrogens with one attached hydrogen (secondary N) is 1. The molecule has 1 saturated carbocycles. The average molecular weight is 287 g/mol. The number of aliphatic hydroxyl groups excluding tert-OH is 1. The molecule has 0 aliphatic heterocycles. The lowest BCUT2D eigenvalue weighted by Crippen LogP contribution is -2.42. The van der Waals surface area contributed by atoms with Gasteiger partial charge < -0.3 is 10.4 Å². The molecular weight excluding hydrogens is 271 g/mol. The molecule has 0 spiro atoms. The summed E-state index contributed by atoms with van der Waals surface area (Å²) in [5.74, 6) is -5.13. The smallest absolute Gasteiger partial charge is 0.251 e. The minimum absolute atomic E-state index is 0.294. The zero-order chi connectivity index (χ0) is 14.7. The third-order valence-corrected chi connectivity index (χ3v) is 3.54. The maximum Gasteiger partial charge on any atom is 0.251 e. The van der Waals surface area contributed by atoms with Crippen LogP contribution < -0.4 is 5.32 Å². The number of rotatable bonds is 2. The summed E-state index contributed by atoms with van der Waals surface area (Å²) in [5.41, 5.74) is -0.294. The van der Waals surface area contributed by atoms with Gasteiger partial charge in [-0.15, -0.1) is 0 Å². The molecular formula is C14H16F3NO2. The maximum absolute atomic E-state index is 13.1. The van der Waals surface area contributed by atoms with Crippen molar-refractivity contribution >= 4 is 5.91 Å². The van der Waals surface area contributed by atoms with Gasteiger partial charge in [-0.1, -0.05) is 19.3 Å². The topological polar surface area (TPSA) is 49.3 Å². The van der Waals surface area contributed by atoms with Crippen LogP contribution in [0.15, 0.2) is 12.1 Å². The summed E-state index contributed by atoms with van der Waals surface area (Å²) in [5, 5.41) is 12.4. The summed E-state index contributed by atoms with van der Waals surface area (Å²) in [4.78, 5) is 11.9. The molecule has 0 bridgehead atoms. The van der Waals surface area contributed by atoms with Crippen LogP contribution in [-0.2, 0) is 0 Å². The zero-order valence-corrected chi connectivity index (χ0v) is 10.8.